The van der Waals surface area contributed by atoms with Crippen molar-refractivity contribution in [1.29, 1.82) is 0 Å². The molecule has 1 atom stereocenters. The number of nitrogens with one attached hydrogen (secondary N) is 1. The number of benzene rings is 3. The molecule has 2 aliphatic carbocycles. The smallest absolute Gasteiger partial charge is 0.249 e. The summed E-state index contributed by atoms with van der Waals surface area (Å²) in [7, 11) is 1.40. The van der Waals surface area contributed by atoms with Gasteiger partial charge in [-0.15, -0.1) is 0 Å². The topological polar surface area (TPSA) is 64.3 Å². The molecule has 5 rings (SSSR count). The quantitative estimate of drug-likeness (QED) is 0.400. The largest absolute Gasteiger partial charge is 0.494 e. The zero-order valence-electron chi connectivity index (χ0n) is 20.6. The molecule has 2 aliphatic rings. The average molecular weight is 507 g/mol. The summed E-state index contributed by atoms with van der Waals surface area (Å²) in [6.07, 6.45) is 7.72. The van der Waals surface area contributed by atoms with Crippen molar-refractivity contribution in [3.05, 3.63) is 87.7 Å². The maximum Gasteiger partial charge on any atom is 0.249 e. The molecule has 0 bridgehead atoms. The van der Waals surface area contributed by atoms with Crippen molar-refractivity contribution in [3.63, 3.8) is 0 Å². The van der Waals surface area contributed by atoms with Crippen LogP contribution in [0.3, 0.4) is 0 Å². The highest BCUT2D eigenvalue weighted by atomic mass is 35.5. The van der Waals surface area contributed by atoms with Crippen LogP contribution in [0.5, 0.6) is 5.75 Å². The first-order chi connectivity index (χ1) is 17.4. The number of methoxy groups -OCH3 is 1. The Balaban J connectivity index is 1.62. The first kappa shape index (κ1) is 24.8. The van der Waals surface area contributed by atoms with E-state index in [0.717, 1.165) is 24.1 Å². The van der Waals surface area contributed by atoms with Gasteiger partial charge in [-0.05, 0) is 60.6 Å². The summed E-state index contributed by atoms with van der Waals surface area (Å²) in [5.74, 6) is -1.27. The normalized spacial score (nSPS) is 19.8. The Morgan fingerprint density at radius 1 is 1.06 bits per heavy atom. The molecule has 36 heavy (non-hydrogen) atoms. The zero-order valence-corrected chi connectivity index (χ0v) is 21.3. The van der Waals surface area contributed by atoms with Gasteiger partial charge < -0.3 is 15.8 Å². The molecule has 3 aromatic carbocycles. The van der Waals surface area contributed by atoms with E-state index in [0.29, 0.717) is 23.0 Å². The second-order valence-electron chi connectivity index (χ2n) is 10.1. The number of hydrogen-bond donors (Lipinski definition) is 2. The van der Waals surface area contributed by atoms with Gasteiger partial charge >= 0.3 is 0 Å². The van der Waals surface area contributed by atoms with Gasteiger partial charge in [-0.1, -0.05) is 67.3 Å². The highest BCUT2D eigenvalue weighted by Gasteiger charge is 2.41. The van der Waals surface area contributed by atoms with Gasteiger partial charge in [0.15, 0.2) is 11.6 Å². The van der Waals surface area contributed by atoms with Crippen molar-refractivity contribution in [1.82, 2.24) is 5.32 Å². The number of carbonyl (C=O) groups excluding carboxylic acids is 1. The summed E-state index contributed by atoms with van der Waals surface area (Å²) in [5, 5.41) is 4.27. The van der Waals surface area contributed by atoms with E-state index in [1.807, 2.05) is 12.1 Å². The molecule has 1 amide bonds. The van der Waals surface area contributed by atoms with Crippen molar-refractivity contribution in [3.8, 4) is 16.9 Å². The maximum atomic E-state index is 15.7. The van der Waals surface area contributed by atoms with Crippen LogP contribution in [0.1, 0.15) is 59.2 Å². The van der Waals surface area contributed by atoms with E-state index in [2.05, 4.69) is 29.6 Å². The minimum Gasteiger partial charge on any atom is -0.494 e. The Morgan fingerprint density at radius 3 is 2.50 bits per heavy atom. The highest BCUT2D eigenvalue weighted by molar-refractivity contribution is 6.34. The number of nitrogens with two attached hydrogens (primary N) is 1. The molecule has 0 spiro atoms. The summed E-state index contributed by atoms with van der Waals surface area (Å²) < 4.78 is 21.0. The second-order valence-corrected chi connectivity index (χ2v) is 10.6. The first-order valence-corrected chi connectivity index (χ1v) is 13.1. The summed E-state index contributed by atoms with van der Waals surface area (Å²) >= 11 is 6.75. The standard InChI is InChI=1S/C30H32ClFN2O2/c1-36-25-15-13-22(29(33)35)27(28(25)32)26-23-17-30(20-8-4-2-5-9-20,16-19(23)12-14-24(26)31)18-34-21-10-6-3-7-11-21/h2,4-5,8-9,12-15,21,34H,3,6-7,10-11,16-18H2,1H3,(H2,33,35)/t30-/m0/s1. The van der Waals surface area contributed by atoms with Crippen LogP contribution in [0.4, 0.5) is 4.39 Å². The lowest BCUT2D eigenvalue weighted by atomic mass is 9.77. The Hall–Kier alpha value is -2.89. The summed E-state index contributed by atoms with van der Waals surface area (Å²) in [4.78, 5) is 12.3. The molecule has 1 saturated carbocycles. The molecule has 0 saturated heterocycles. The molecule has 0 aromatic heterocycles. The van der Waals surface area contributed by atoms with E-state index in [1.165, 1.54) is 56.9 Å². The van der Waals surface area contributed by atoms with Crippen molar-refractivity contribution in [2.24, 2.45) is 5.73 Å². The van der Waals surface area contributed by atoms with E-state index < -0.39 is 11.7 Å². The zero-order chi connectivity index (χ0) is 25.3. The predicted molar refractivity (Wildman–Crippen MR) is 142 cm³/mol. The van der Waals surface area contributed by atoms with Crippen LogP contribution in [-0.2, 0) is 18.3 Å². The van der Waals surface area contributed by atoms with Crippen LogP contribution in [0, 0.1) is 5.82 Å². The van der Waals surface area contributed by atoms with Gasteiger partial charge in [0.25, 0.3) is 0 Å². The molecule has 0 radical (unpaired) electrons. The lowest BCUT2D eigenvalue weighted by Crippen LogP contribution is -2.44. The van der Waals surface area contributed by atoms with Crippen LogP contribution in [-0.4, -0.2) is 25.6 Å². The third kappa shape index (κ3) is 4.51. The predicted octanol–water partition coefficient (Wildman–Crippen LogP) is 6.21. The highest BCUT2D eigenvalue weighted by Crippen LogP contribution is 2.48. The van der Waals surface area contributed by atoms with E-state index in [9.17, 15) is 4.79 Å². The number of fused-ring (bicyclic) bond motifs is 1. The molecule has 1 fully saturated rings. The number of halogens is 2. The van der Waals surface area contributed by atoms with E-state index in [1.54, 1.807) is 6.07 Å². The van der Waals surface area contributed by atoms with Crippen molar-refractivity contribution in [2.45, 2.75) is 56.4 Å². The van der Waals surface area contributed by atoms with Crippen LogP contribution in [0.2, 0.25) is 5.02 Å². The van der Waals surface area contributed by atoms with Crippen molar-refractivity contribution < 1.29 is 13.9 Å². The summed E-state index contributed by atoms with van der Waals surface area (Å²) in [6.45, 7) is 0.816. The molecule has 0 unspecified atom stereocenters. The Labute approximate surface area is 217 Å². The fourth-order valence-electron chi connectivity index (χ4n) is 6.10. The number of carbonyl (C=O) groups is 1. The molecular weight excluding hydrogens is 475 g/mol. The van der Waals surface area contributed by atoms with Crippen LogP contribution in [0.25, 0.3) is 11.1 Å². The van der Waals surface area contributed by atoms with Gasteiger partial charge in [0.2, 0.25) is 5.91 Å². The molecule has 3 N–H and O–H groups in total. The number of ether oxygens (including phenoxy) is 1. The first-order valence-electron chi connectivity index (χ1n) is 12.7. The van der Waals surface area contributed by atoms with E-state index in [-0.39, 0.29) is 22.3 Å². The fraction of sp³-hybridized carbons (Fsp3) is 0.367. The molecule has 0 heterocycles. The molecule has 4 nitrogen and oxygen atoms in total. The number of hydrogen-bond acceptors (Lipinski definition) is 3. The average Bonchev–Trinajstić information content (AvgIpc) is 3.29. The summed E-state index contributed by atoms with van der Waals surface area (Å²) in [5.41, 5.74) is 9.55. The summed E-state index contributed by atoms with van der Waals surface area (Å²) in [6, 6.07) is 17.8. The Bertz CT molecular complexity index is 1270. The van der Waals surface area contributed by atoms with E-state index in [4.69, 9.17) is 22.1 Å². The van der Waals surface area contributed by atoms with Crippen molar-refractivity contribution >= 4 is 17.5 Å². The van der Waals surface area contributed by atoms with Gasteiger partial charge in [-0.2, -0.15) is 0 Å². The van der Waals surface area contributed by atoms with Crippen molar-refractivity contribution in [2.75, 3.05) is 13.7 Å². The molecule has 3 aromatic rings. The van der Waals surface area contributed by atoms with Gasteiger partial charge in [-0.3, -0.25) is 4.79 Å². The minimum atomic E-state index is -0.702. The molecule has 188 valence electrons. The van der Waals surface area contributed by atoms with Gasteiger partial charge in [0, 0.05) is 34.2 Å². The number of rotatable bonds is 7. The Kier molecular flexibility index (Phi) is 7.05. The third-order valence-electron chi connectivity index (χ3n) is 7.97. The van der Waals surface area contributed by atoms with Crippen LogP contribution >= 0.6 is 11.6 Å². The minimum absolute atomic E-state index is 0.0509. The fourth-order valence-corrected chi connectivity index (χ4v) is 6.37. The third-order valence-corrected chi connectivity index (χ3v) is 8.28. The van der Waals surface area contributed by atoms with E-state index >= 15 is 4.39 Å². The number of primary amides is 1. The SMILES string of the molecule is COc1ccc(C(N)=O)c(-c2c(Cl)ccc3c2C[C@@](CNC2CCCCC2)(c2ccccc2)C3)c1F. The number of amides is 1. The lowest BCUT2D eigenvalue weighted by Gasteiger charge is -2.34. The second kappa shape index (κ2) is 10.2. The van der Waals surface area contributed by atoms with Crippen LogP contribution < -0.4 is 15.8 Å². The Morgan fingerprint density at radius 2 is 1.81 bits per heavy atom. The molecule has 0 aliphatic heterocycles. The lowest BCUT2D eigenvalue weighted by molar-refractivity contribution is 0.100. The van der Waals surface area contributed by atoms with Crippen LogP contribution in [0.15, 0.2) is 54.6 Å². The van der Waals surface area contributed by atoms with Gasteiger partial charge in [-0.25, -0.2) is 4.39 Å². The molecule has 6 heteroatoms. The van der Waals surface area contributed by atoms with Gasteiger partial charge in [0.1, 0.15) is 0 Å². The monoisotopic (exact) mass is 506 g/mol. The maximum absolute atomic E-state index is 15.7. The van der Waals surface area contributed by atoms with Gasteiger partial charge in [0.05, 0.1) is 12.7 Å². The molecular formula is C30H32ClFN2O2.